The monoisotopic (exact) mass is 472 g/mol. The molecule has 0 aliphatic carbocycles. The molecule has 9 heteroatoms. The van der Waals surface area contributed by atoms with Crippen molar-refractivity contribution in [3.63, 3.8) is 0 Å². The van der Waals surface area contributed by atoms with Crippen molar-refractivity contribution >= 4 is 23.9 Å². The number of nitrogens with one attached hydrogen (secondary N) is 1. The van der Waals surface area contributed by atoms with E-state index in [-0.39, 0.29) is 11.7 Å². The molecule has 4 aromatic rings. The van der Waals surface area contributed by atoms with Gasteiger partial charge in [0, 0.05) is 23.6 Å². The zero-order chi connectivity index (χ0) is 23.8. The highest BCUT2D eigenvalue weighted by Gasteiger charge is 2.17. The van der Waals surface area contributed by atoms with Crippen molar-refractivity contribution in [2.75, 3.05) is 12.4 Å². The van der Waals surface area contributed by atoms with Gasteiger partial charge in [-0.05, 0) is 67.9 Å². The first kappa shape index (κ1) is 23.2. The number of hydrazone groups is 1. The molecule has 0 saturated carbocycles. The summed E-state index contributed by atoms with van der Waals surface area (Å²) in [5, 5.41) is 13.4. The van der Waals surface area contributed by atoms with Crippen LogP contribution in [0.3, 0.4) is 0 Å². The maximum atomic E-state index is 12.4. The fourth-order valence-electron chi connectivity index (χ4n) is 3.14. The van der Waals surface area contributed by atoms with Crippen LogP contribution in [-0.2, 0) is 4.79 Å². The summed E-state index contributed by atoms with van der Waals surface area (Å²) in [7, 11) is 0. The minimum absolute atomic E-state index is 0.140. The van der Waals surface area contributed by atoms with Gasteiger partial charge < -0.3 is 4.74 Å². The first-order valence-corrected chi connectivity index (χ1v) is 11.7. The second kappa shape index (κ2) is 11.2. The summed E-state index contributed by atoms with van der Waals surface area (Å²) in [6.07, 6.45) is 5.02. The molecule has 0 radical (unpaired) electrons. The lowest BCUT2D eigenvalue weighted by atomic mass is 10.2. The smallest absolute Gasteiger partial charge is 0.250 e. The van der Waals surface area contributed by atoms with Gasteiger partial charge in [-0.2, -0.15) is 5.10 Å². The average molecular weight is 473 g/mol. The van der Waals surface area contributed by atoms with Crippen LogP contribution < -0.4 is 10.2 Å². The second-order valence-electron chi connectivity index (χ2n) is 7.30. The number of carbonyl (C=O) groups is 1. The SMILES string of the molecule is CCOc1ccc(C=NNC(=O)CSc2nnc(-c3ccncc3)n2-c2ccc(C)cc2)cc1. The molecule has 0 spiro atoms. The van der Waals surface area contributed by atoms with Gasteiger partial charge in [-0.15, -0.1) is 10.2 Å². The highest BCUT2D eigenvalue weighted by Crippen LogP contribution is 2.27. The number of hydrogen-bond acceptors (Lipinski definition) is 7. The van der Waals surface area contributed by atoms with Gasteiger partial charge in [0.1, 0.15) is 5.75 Å². The fraction of sp³-hybridized carbons (Fsp3) is 0.160. The Hall–Kier alpha value is -3.98. The van der Waals surface area contributed by atoms with Gasteiger partial charge in [-0.3, -0.25) is 14.3 Å². The van der Waals surface area contributed by atoms with E-state index in [1.54, 1.807) is 18.6 Å². The van der Waals surface area contributed by atoms with Crippen LogP contribution in [0.2, 0.25) is 0 Å². The molecule has 1 amide bonds. The lowest BCUT2D eigenvalue weighted by molar-refractivity contribution is -0.118. The van der Waals surface area contributed by atoms with Gasteiger partial charge in [-0.1, -0.05) is 29.5 Å². The summed E-state index contributed by atoms with van der Waals surface area (Å²) >= 11 is 1.29. The van der Waals surface area contributed by atoms with E-state index in [4.69, 9.17) is 4.74 Å². The van der Waals surface area contributed by atoms with Crippen molar-refractivity contribution in [1.82, 2.24) is 25.2 Å². The molecule has 8 nitrogen and oxygen atoms in total. The minimum atomic E-state index is -0.240. The third-order valence-electron chi connectivity index (χ3n) is 4.79. The van der Waals surface area contributed by atoms with E-state index < -0.39 is 0 Å². The lowest BCUT2D eigenvalue weighted by Crippen LogP contribution is -2.20. The van der Waals surface area contributed by atoms with Crippen LogP contribution in [0.15, 0.2) is 83.3 Å². The second-order valence-corrected chi connectivity index (χ2v) is 8.24. The molecular formula is C25H24N6O2S. The number of rotatable bonds is 9. The van der Waals surface area contributed by atoms with Crippen molar-refractivity contribution in [2.24, 2.45) is 5.10 Å². The average Bonchev–Trinajstić information content (AvgIpc) is 3.29. The van der Waals surface area contributed by atoms with E-state index in [9.17, 15) is 4.79 Å². The van der Waals surface area contributed by atoms with Crippen LogP contribution in [0.25, 0.3) is 17.1 Å². The van der Waals surface area contributed by atoms with Crippen molar-refractivity contribution in [3.05, 3.63) is 84.2 Å². The first-order chi connectivity index (χ1) is 16.6. The van der Waals surface area contributed by atoms with Gasteiger partial charge in [0.2, 0.25) is 0 Å². The van der Waals surface area contributed by atoms with Crippen LogP contribution in [0.5, 0.6) is 5.75 Å². The van der Waals surface area contributed by atoms with E-state index >= 15 is 0 Å². The van der Waals surface area contributed by atoms with Gasteiger partial charge in [0.25, 0.3) is 5.91 Å². The number of nitrogens with zero attached hydrogens (tertiary/aromatic N) is 5. The summed E-state index contributed by atoms with van der Waals surface area (Å²) in [6.45, 7) is 4.59. The zero-order valence-electron chi connectivity index (χ0n) is 18.9. The number of carbonyl (C=O) groups excluding carboxylic acids is 1. The highest BCUT2D eigenvalue weighted by molar-refractivity contribution is 7.99. The number of hydrogen-bond donors (Lipinski definition) is 1. The molecule has 0 unspecified atom stereocenters. The molecular weight excluding hydrogens is 448 g/mol. The Labute approximate surface area is 202 Å². The third-order valence-corrected chi connectivity index (χ3v) is 5.72. The molecule has 2 aromatic heterocycles. The van der Waals surface area contributed by atoms with Crippen molar-refractivity contribution in [2.45, 2.75) is 19.0 Å². The first-order valence-electron chi connectivity index (χ1n) is 10.7. The molecule has 2 heterocycles. The van der Waals surface area contributed by atoms with Crippen LogP contribution in [0.1, 0.15) is 18.1 Å². The third kappa shape index (κ3) is 5.87. The van der Waals surface area contributed by atoms with Crippen molar-refractivity contribution in [1.29, 1.82) is 0 Å². The van der Waals surface area contributed by atoms with Crippen LogP contribution >= 0.6 is 11.8 Å². The number of ether oxygens (including phenoxy) is 1. The standard InChI is InChI=1S/C25H24N6O2S/c1-3-33-22-10-6-19(7-11-22)16-27-28-23(32)17-34-25-30-29-24(20-12-14-26-15-13-20)31(25)21-8-4-18(2)5-9-21/h4-16H,3,17H2,1-2H3,(H,28,32). The quantitative estimate of drug-likeness (QED) is 0.222. The molecule has 0 bridgehead atoms. The van der Waals surface area contributed by atoms with Crippen LogP contribution in [0, 0.1) is 6.92 Å². The molecule has 172 valence electrons. The Balaban J connectivity index is 1.44. The predicted molar refractivity (Wildman–Crippen MR) is 133 cm³/mol. The van der Waals surface area contributed by atoms with E-state index in [1.165, 1.54) is 11.8 Å². The highest BCUT2D eigenvalue weighted by atomic mass is 32.2. The van der Waals surface area contributed by atoms with E-state index in [0.29, 0.717) is 17.6 Å². The van der Waals surface area contributed by atoms with Crippen molar-refractivity contribution < 1.29 is 9.53 Å². The summed E-state index contributed by atoms with van der Waals surface area (Å²) in [5.41, 5.74) is 6.38. The van der Waals surface area contributed by atoms with Gasteiger partial charge in [-0.25, -0.2) is 5.43 Å². The number of benzene rings is 2. The van der Waals surface area contributed by atoms with E-state index in [2.05, 4.69) is 25.7 Å². The maximum absolute atomic E-state index is 12.4. The molecule has 1 N–H and O–H groups in total. The van der Waals surface area contributed by atoms with Crippen LogP contribution in [-0.4, -0.2) is 44.2 Å². The summed E-state index contributed by atoms with van der Waals surface area (Å²) in [6, 6.07) is 19.3. The molecule has 34 heavy (non-hydrogen) atoms. The fourth-order valence-corrected chi connectivity index (χ4v) is 3.88. The number of pyridine rings is 1. The van der Waals surface area contributed by atoms with Gasteiger partial charge in [0.15, 0.2) is 11.0 Å². The predicted octanol–water partition coefficient (Wildman–Crippen LogP) is 4.28. The van der Waals surface area contributed by atoms with E-state index in [0.717, 1.165) is 28.1 Å². The molecule has 0 atom stereocenters. The topological polar surface area (TPSA) is 94.3 Å². The Kier molecular flexibility index (Phi) is 7.67. The molecule has 4 rings (SSSR count). The van der Waals surface area contributed by atoms with Gasteiger partial charge >= 0.3 is 0 Å². The number of amides is 1. The Morgan fingerprint density at radius 3 is 2.50 bits per heavy atom. The number of aryl methyl sites for hydroxylation is 1. The van der Waals surface area contributed by atoms with Crippen LogP contribution in [0.4, 0.5) is 0 Å². The van der Waals surface area contributed by atoms with Gasteiger partial charge in [0.05, 0.1) is 18.6 Å². The van der Waals surface area contributed by atoms with E-state index in [1.807, 2.05) is 79.1 Å². The largest absolute Gasteiger partial charge is 0.494 e. The normalized spacial score (nSPS) is 11.0. The molecule has 0 aliphatic rings. The Morgan fingerprint density at radius 2 is 1.79 bits per heavy atom. The molecule has 0 saturated heterocycles. The Bertz CT molecular complexity index is 1260. The Morgan fingerprint density at radius 1 is 1.06 bits per heavy atom. The summed E-state index contributed by atoms with van der Waals surface area (Å²) in [5.74, 6) is 1.38. The molecule has 0 fully saturated rings. The number of thioether (sulfide) groups is 1. The lowest BCUT2D eigenvalue weighted by Gasteiger charge is -2.10. The summed E-state index contributed by atoms with van der Waals surface area (Å²) in [4.78, 5) is 16.5. The number of aromatic nitrogens is 4. The minimum Gasteiger partial charge on any atom is -0.494 e. The molecule has 2 aromatic carbocycles. The van der Waals surface area contributed by atoms with Crippen molar-refractivity contribution in [3.8, 4) is 22.8 Å². The molecule has 0 aliphatic heterocycles. The zero-order valence-corrected chi connectivity index (χ0v) is 19.7. The summed E-state index contributed by atoms with van der Waals surface area (Å²) < 4.78 is 7.36. The maximum Gasteiger partial charge on any atom is 0.250 e.